The molecule has 0 aromatic heterocycles. The van der Waals surface area contributed by atoms with Gasteiger partial charge in [0.15, 0.2) is 10.3 Å². The summed E-state index contributed by atoms with van der Waals surface area (Å²) in [4.78, 5) is 0. The Labute approximate surface area is 133 Å². The molecule has 0 bridgehead atoms. The molecular weight excluding hydrogens is 277 g/mol. The number of benzene rings is 2. The third kappa shape index (κ3) is 5.63. The Morgan fingerprint density at radius 3 is 2.21 bits per heavy atom. The normalized spacial score (nSPS) is 10.4. The van der Waals surface area contributed by atoms with Gasteiger partial charge in [0.1, 0.15) is 11.5 Å². The van der Waals surface area contributed by atoms with Crippen molar-refractivity contribution in [2.45, 2.75) is 0 Å². The zero-order valence-corrected chi connectivity index (χ0v) is 13.1. The average molecular weight is 287 g/mol. The fraction of sp³-hybridized carbons (Fsp3) is 0. The van der Waals surface area contributed by atoms with E-state index in [0.717, 1.165) is 0 Å². The van der Waals surface area contributed by atoms with Crippen LogP contribution in [0.2, 0.25) is 0 Å². The van der Waals surface area contributed by atoms with Gasteiger partial charge in [-0.1, -0.05) is 24.3 Å². The molecule has 7 heteroatoms. The Kier molecular flexibility index (Phi) is 5.84. The molecule has 0 radical (unpaired) electrons. The molecule has 0 amide bonds. The first kappa shape index (κ1) is 16.0. The predicted octanol–water partition coefficient (Wildman–Crippen LogP) is -0.645. The first-order chi connectivity index (χ1) is 8.53. The molecule has 2 rings (SSSR count). The molecule has 0 unspecified atom stereocenters. The number of para-hydroxylation sites is 1. The van der Waals surface area contributed by atoms with E-state index in [9.17, 15) is 13.0 Å². The average Bonchev–Trinajstić information content (AvgIpc) is 2.28. The molecule has 0 spiro atoms. The summed E-state index contributed by atoms with van der Waals surface area (Å²) < 4.78 is 39.0. The van der Waals surface area contributed by atoms with E-state index < -0.39 is 10.3 Å². The molecule has 0 aliphatic rings. The van der Waals surface area contributed by atoms with Crippen molar-refractivity contribution in [2.75, 3.05) is 4.72 Å². The van der Waals surface area contributed by atoms with Gasteiger partial charge in [0.05, 0.1) is 5.69 Å². The van der Waals surface area contributed by atoms with Crippen molar-refractivity contribution in [1.82, 2.24) is 0 Å². The number of hydrogen-bond acceptors (Lipinski definition) is 4. The first-order valence-corrected chi connectivity index (χ1v) is 6.50. The Morgan fingerprint density at radius 2 is 1.58 bits per heavy atom. The number of hydrogen-bond donors (Lipinski definition) is 1. The van der Waals surface area contributed by atoms with Gasteiger partial charge in [-0.15, -0.1) is 0 Å². The molecule has 1 N–H and O–H groups in total. The molecule has 0 fully saturated rings. The van der Waals surface area contributed by atoms with Crippen molar-refractivity contribution in [3.63, 3.8) is 0 Å². The molecule has 2 aromatic carbocycles. The molecular formula is C12H10NNaO4S. The molecule has 0 aliphatic heterocycles. The second-order valence-corrected chi connectivity index (χ2v) is 4.61. The van der Waals surface area contributed by atoms with E-state index in [2.05, 4.69) is 0 Å². The topological polar surface area (TPSA) is 78.5 Å². The predicted molar refractivity (Wildman–Crippen MR) is 66.3 cm³/mol. The van der Waals surface area contributed by atoms with Gasteiger partial charge in [0, 0.05) is 6.07 Å². The quantitative estimate of drug-likeness (QED) is 0.599. The Hall–Kier alpha value is -1.05. The third-order valence-corrected chi connectivity index (χ3v) is 2.54. The summed E-state index contributed by atoms with van der Waals surface area (Å²) in [5.74, 6) is 1.06. The van der Waals surface area contributed by atoms with E-state index in [0.29, 0.717) is 11.5 Å². The van der Waals surface area contributed by atoms with E-state index in [4.69, 9.17) is 4.74 Å². The molecule has 0 atom stereocenters. The Balaban J connectivity index is 0.00000180. The van der Waals surface area contributed by atoms with Gasteiger partial charge in [-0.2, -0.15) is 0 Å². The van der Waals surface area contributed by atoms with E-state index in [-0.39, 0.29) is 35.2 Å². The van der Waals surface area contributed by atoms with Crippen molar-refractivity contribution in [3.8, 4) is 11.5 Å². The van der Waals surface area contributed by atoms with E-state index in [1.165, 1.54) is 12.1 Å². The first-order valence-electron chi connectivity index (χ1n) is 5.09. The summed E-state index contributed by atoms with van der Waals surface area (Å²) in [5.41, 5.74) is 0.165. The zero-order chi connectivity index (χ0) is 13.0. The molecule has 94 valence electrons. The molecule has 0 aliphatic carbocycles. The maximum Gasteiger partial charge on any atom is 1.00 e. The van der Waals surface area contributed by atoms with Gasteiger partial charge in [-0.05, 0) is 24.3 Å². The van der Waals surface area contributed by atoms with Crippen LogP contribution in [0.15, 0.2) is 54.6 Å². The molecule has 2 aromatic rings. The monoisotopic (exact) mass is 287 g/mol. The van der Waals surface area contributed by atoms with Crippen molar-refractivity contribution in [3.05, 3.63) is 54.6 Å². The minimum absolute atomic E-state index is 0. The van der Waals surface area contributed by atoms with Gasteiger partial charge < -0.3 is 9.29 Å². The second-order valence-electron chi connectivity index (χ2n) is 3.50. The van der Waals surface area contributed by atoms with Crippen molar-refractivity contribution in [1.29, 1.82) is 0 Å². The Bertz CT molecular complexity index is 631. The van der Waals surface area contributed by atoms with Crippen LogP contribution in [-0.2, 0) is 10.3 Å². The van der Waals surface area contributed by atoms with Crippen LogP contribution < -0.4 is 39.0 Å². The fourth-order valence-electron chi connectivity index (χ4n) is 1.39. The number of anilines is 1. The maximum absolute atomic E-state index is 10.6. The van der Waals surface area contributed by atoms with Crippen LogP contribution in [0.1, 0.15) is 0 Å². The van der Waals surface area contributed by atoms with Gasteiger partial charge in [0.25, 0.3) is 0 Å². The standard InChI is InChI=1S/C12H11NO4S.Na/c14-18(15,16)13-10-5-4-8-12(9-10)17-11-6-2-1-3-7-11;/h1-9,13H,(H,14,15,16);/q;+1/p-1. The minimum atomic E-state index is -4.52. The Morgan fingerprint density at radius 1 is 0.947 bits per heavy atom. The van der Waals surface area contributed by atoms with Crippen molar-refractivity contribution >= 4 is 16.0 Å². The maximum atomic E-state index is 10.6. The van der Waals surface area contributed by atoms with Crippen LogP contribution in [0.25, 0.3) is 0 Å². The summed E-state index contributed by atoms with van der Waals surface area (Å²) in [7, 11) is -4.52. The molecule has 0 saturated carbocycles. The van der Waals surface area contributed by atoms with Crippen LogP contribution >= 0.6 is 0 Å². The van der Waals surface area contributed by atoms with Gasteiger partial charge in [0.2, 0.25) is 0 Å². The second kappa shape index (κ2) is 6.93. The third-order valence-electron chi connectivity index (χ3n) is 2.06. The van der Waals surface area contributed by atoms with Gasteiger partial charge in [-0.3, -0.25) is 4.72 Å². The number of ether oxygens (including phenoxy) is 1. The smallest absolute Gasteiger partial charge is 0.731 e. The van der Waals surface area contributed by atoms with E-state index in [1.807, 2.05) is 22.9 Å². The number of rotatable bonds is 4. The number of nitrogens with one attached hydrogen (secondary N) is 1. The van der Waals surface area contributed by atoms with E-state index >= 15 is 0 Å². The largest absolute Gasteiger partial charge is 1.00 e. The summed E-state index contributed by atoms with van der Waals surface area (Å²) in [6, 6.07) is 15.2. The molecule has 0 heterocycles. The molecule has 0 saturated heterocycles. The summed E-state index contributed by atoms with van der Waals surface area (Å²) >= 11 is 0. The summed E-state index contributed by atoms with van der Waals surface area (Å²) in [6.07, 6.45) is 0. The van der Waals surface area contributed by atoms with E-state index in [1.54, 1.807) is 24.3 Å². The van der Waals surface area contributed by atoms with Gasteiger partial charge >= 0.3 is 29.6 Å². The molecule has 5 nitrogen and oxygen atoms in total. The van der Waals surface area contributed by atoms with Gasteiger partial charge in [-0.25, -0.2) is 8.42 Å². The molecule has 19 heavy (non-hydrogen) atoms. The SMILES string of the molecule is O=S(=O)([O-])Nc1cccc(Oc2ccccc2)c1.[Na+]. The van der Waals surface area contributed by atoms with Crippen molar-refractivity contribution < 1.29 is 47.3 Å². The fourth-order valence-corrected chi connectivity index (χ4v) is 1.81. The summed E-state index contributed by atoms with van der Waals surface area (Å²) in [6.45, 7) is 0. The van der Waals surface area contributed by atoms with Crippen LogP contribution in [0.4, 0.5) is 5.69 Å². The van der Waals surface area contributed by atoms with Crippen LogP contribution in [0.3, 0.4) is 0 Å². The van der Waals surface area contributed by atoms with Crippen LogP contribution in [0.5, 0.6) is 11.5 Å². The van der Waals surface area contributed by atoms with Crippen LogP contribution in [-0.4, -0.2) is 13.0 Å². The minimum Gasteiger partial charge on any atom is -0.731 e. The van der Waals surface area contributed by atoms with Crippen molar-refractivity contribution in [2.24, 2.45) is 0 Å². The summed E-state index contributed by atoms with van der Waals surface area (Å²) in [5, 5.41) is 0. The van der Waals surface area contributed by atoms with Crippen LogP contribution in [0, 0.1) is 0 Å². The zero-order valence-electron chi connectivity index (χ0n) is 10.2.